The number of amides is 1. The molecule has 1 aromatic heterocycles. The van der Waals surface area contributed by atoms with Crippen LogP contribution >= 0.6 is 23.2 Å². The minimum atomic E-state index is -0.582. The molecule has 0 fully saturated rings. The molecule has 0 radical (unpaired) electrons. The number of carbonyl (C=O) groups is 1. The highest BCUT2D eigenvalue weighted by Gasteiger charge is 2.18. The average molecular weight is 316 g/mol. The number of furan rings is 1. The number of nitrogens with one attached hydrogen (secondary N) is 1. The molecule has 0 bridgehead atoms. The van der Waals surface area contributed by atoms with Crippen LogP contribution in [0, 0.1) is 12.7 Å². The molecule has 0 saturated heterocycles. The second-order valence-electron chi connectivity index (χ2n) is 4.39. The van der Waals surface area contributed by atoms with Gasteiger partial charge in [-0.1, -0.05) is 23.2 Å². The van der Waals surface area contributed by atoms with Gasteiger partial charge in [-0.05, 0) is 43.7 Å². The van der Waals surface area contributed by atoms with Crippen LogP contribution in [0.5, 0.6) is 0 Å². The van der Waals surface area contributed by atoms with Crippen molar-refractivity contribution in [2.24, 2.45) is 0 Å². The van der Waals surface area contributed by atoms with Gasteiger partial charge in [0.25, 0.3) is 5.91 Å². The predicted octanol–water partition coefficient (Wildman–Crippen LogP) is 4.52. The second kappa shape index (κ2) is 5.85. The van der Waals surface area contributed by atoms with E-state index in [4.69, 9.17) is 27.6 Å². The third-order valence-corrected chi connectivity index (χ3v) is 3.43. The van der Waals surface area contributed by atoms with Gasteiger partial charge in [0, 0.05) is 5.02 Å². The van der Waals surface area contributed by atoms with E-state index in [9.17, 15) is 9.18 Å². The Bertz CT molecular complexity index is 655. The van der Waals surface area contributed by atoms with Gasteiger partial charge >= 0.3 is 0 Å². The molecule has 106 valence electrons. The molecule has 2 rings (SSSR count). The van der Waals surface area contributed by atoms with Crippen LogP contribution in [-0.4, -0.2) is 5.91 Å². The Balaban J connectivity index is 2.18. The number of halogens is 3. The molecule has 1 aromatic carbocycles. The molecule has 0 aliphatic heterocycles. The van der Waals surface area contributed by atoms with E-state index in [2.05, 4.69) is 5.32 Å². The number of hydrogen-bond donors (Lipinski definition) is 1. The van der Waals surface area contributed by atoms with Gasteiger partial charge in [-0.25, -0.2) is 4.39 Å². The zero-order valence-electron chi connectivity index (χ0n) is 10.8. The molecule has 2 aromatic rings. The Morgan fingerprint density at radius 3 is 2.60 bits per heavy atom. The van der Waals surface area contributed by atoms with Crippen molar-refractivity contribution < 1.29 is 13.6 Å². The highest BCUT2D eigenvalue weighted by Crippen LogP contribution is 2.28. The van der Waals surface area contributed by atoms with E-state index < -0.39 is 17.8 Å². The van der Waals surface area contributed by atoms with E-state index in [1.54, 1.807) is 26.0 Å². The van der Waals surface area contributed by atoms with Gasteiger partial charge in [-0.15, -0.1) is 0 Å². The summed E-state index contributed by atoms with van der Waals surface area (Å²) in [6, 6.07) is 5.30. The zero-order valence-corrected chi connectivity index (χ0v) is 12.3. The summed E-state index contributed by atoms with van der Waals surface area (Å²) in [5.41, 5.74) is 0.449. The lowest BCUT2D eigenvalue weighted by molar-refractivity contribution is 0.0910. The van der Waals surface area contributed by atoms with Crippen LogP contribution in [0.15, 0.2) is 28.7 Å². The summed E-state index contributed by atoms with van der Waals surface area (Å²) >= 11 is 11.6. The van der Waals surface area contributed by atoms with Gasteiger partial charge < -0.3 is 9.73 Å². The summed E-state index contributed by atoms with van der Waals surface area (Å²) in [4.78, 5) is 11.9. The van der Waals surface area contributed by atoms with Gasteiger partial charge in [0.05, 0.1) is 11.1 Å². The molecule has 0 spiro atoms. The average Bonchev–Trinajstić information content (AvgIpc) is 2.80. The topological polar surface area (TPSA) is 42.2 Å². The first-order valence-electron chi connectivity index (χ1n) is 5.90. The molecule has 20 heavy (non-hydrogen) atoms. The molecular weight excluding hydrogens is 304 g/mol. The summed E-state index contributed by atoms with van der Waals surface area (Å²) in [6.45, 7) is 3.44. The lowest BCUT2D eigenvalue weighted by Gasteiger charge is -2.15. The normalized spacial score (nSPS) is 12.2. The Kier molecular flexibility index (Phi) is 4.35. The molecule has 0 aliphatic rings. The molecule has 0 aliphatic carbocycles. The molecular formula is C14H12Cl2FNO2. The first-order chi connectivity index (χ1) is 9.38. The van der Waals surface area contributed by atoms with Crippen LogP contribution in [0.1, 0.15) is 34.8 Å². The minimum absolute atomic E-state index is 0.0565. The maximum atomic E-state index is 13.5. The van der Waals surface area contributed by atoms with Crippen molar-refractivity contribution in [3.8, 4) is 0 Å². The van der Waals surface area contributed by atoms with Gasteiger partial charge in [0.15, 0.2) is 5.76 Å². The van der Waals surface area contributed by atoms with Gasteiger partial charge in [0.1, 0.15) is 11.6 Å². The minimum Gasteiger partial charge on any atom is -0.456 e. The fourth-order valence-corrected chi connectivity index (χ4v) is 2.32. The van der Waals surface area contributed by atoms with Crippen molar-refractivity contribution in [2.45, 2.75) is 19.9 Å². The number of hydrogen-bond acceptors (Lipinski definition) is 2. The van der Waals surface area contributed by atoms with Crippen LogP contribution in [0.3, 0.4) is 0 Å². The maximum absolute atomic E-state index is 13.5. The van der Waals surface area contributed by atoms with Crippen molar-refractivity contribution in [2.75, 3.05) is 0 Å². The second-order valence-corrected chi connectivity index (χ2v) is 5.21. The SMILES string of the molecule is Cc1ccc(C(=O)NC(C)c2cc(F)c(Cl)cc2Cl)o1. The van der Waals surface area contributed by atoms with E-state index in [0.29, 0.717) is 16.3 Å². The summed E-state index contributed by atoms with van der Waals surface area (Å²) in [7, 11) is 0. The molecule has 0 saturated carbocycles. The van der Waals surface area contributed by atoms with E-state index >= 15 is 0 Å². The van der Waals surface area contributed by atoms with Crippen LogP contribution in [0.4, 0.5) is 4.39 Å². The number of carbonyl (C=O) groups excluding carboxylic acids is 1. The number of rotatable bonds is 3. The van der Waals surface area contributed by atoms with E-state index in [-0.39, 0.29) is 10.8 Å². The Morgan fingerprint density at radius 2 is 2.00 bits per heavy atom. The highest BCUT2D eigenvalue weighted by molar-refractivity contribution is 6.35. The predicted molar refractivity (Wildman–Crippen MR) is 75.7 cm³/mol. The quantitative estimate of drug-likeness (QED) is 0.846. The smallest absolute Gasteiger partial charge is 0.287 e. The highest BCUT2D eigenvalue weighted by atomic mass is 35.5. The van der Waals surface area contributed by atoms with Crippen molar-refractivity contribution in [3.05, 3.63) is 57.2 Å². The van der Waals surface area contributed by atoms with Crippen molar-refractivity contribution in [1.82, 2.24) is 5.32 Å². The zero-order chi connectivity index (χ0) is 14.9. The molecule has 1 unspecified atom stereocenters. The lowest BCUT2D eigenvalue weighted by atomic mass is 10.1. The van der Waals surface area contributed by atoms with Gasteiger partial charge in [-0.2, -0.15) is 0 Å². The van der Waals surface area contributed by atoms with Crippen molar-refractivity contribution in [3.63, 3.8) is 0 Å². The third kappa shape index (κ3) is 3.14. The third-order valence-electron chi connectivity index (χ3n) is 2.82. The first-order valence-corrected chi connectivity index (χ1v) is 6.66. The standard InChI is InChI=1S/C14H12Cl2FNO2/c1-7-3-4-13(20-7)14(19)18-8(2)9-5-12(17)11(16)6-10(9)15/h3-6,8H,1-2H3,(H,18,19). The largest absolute Gasteiger partial charge is 0.456 e. The van der Waals surface area contributed by atoms with Crippen molar-refractivity contribution in [1.29, 1.82) is 0 Å². The van der Waals surface area contributed by atoms with Gasteiger partial charge in [-0.3, -0.25) is 4.79 Å². The fourth-order valence-electron chi connectivity index (χ4n) is 1.77. The van der Waals surface area contributed by atoms with E-state index in [1.807, 2.05) is 0 Å². The number of benzene rings is 1. The van der Waals surface area contributed by atoms with Crippen LogP contribution in [-0.2, 0) is 0 Å². The Labute approximate surface area is 125 Å². The molecule has 6 heteroatoms. The Hall–Kier alpha value is -1.52. The molecule has 1 heterocycles. The number of aryl methyl sites for hydroxylation is 1. The molecule has 1 amide bonds. The monoisotopic (exact) mass is 315 g/mol. The Morgan fingerprint density at radius 1 is 1.30 bits per heavy atom. The van der Waals surface area contributed by atoms with Crippen LogP contribution < -0.4 is 5.32 Å². The first kappa shape index (κ1) is 14.9. The summed E-state index contributed by atoms with van der Waals surface area (Å²) in [6.07, 6.45) is 0. The maximum Gasteiger partial charge on any atom is 0.287 e. The van der Waals surface area contributed by atoms with E-state index in [1.165, 1.54) is 12.1 Å². The molecule has 1 N–H and O–H groups in total. The fraction of sp³-hybridized carbons (Fsp3) is 0.214. The summed E-state index contributed by atoms with van der Waals surface area (Å²) in [5.74, 6) is -0.142. The van der Waals surface area contributed by atoms with Crippen molar-refractivity contribution >= 4 is 29.1 Å². The van der Waals surface area contributed by atoms with Crippen LogP contribution in [0.2, 0.25) is 10.0 Å². The van der Waals surface area contributed by atoms with Crippen LogP contribution in [0.25, 0.3) is 0 Å². The van der Waals surface area contributed by atoms with E-state index in [0.717, 1.165) is 0 Å². The molecule has 3 nitrogen and oxygen atoms in total. The summed E-state index contributed by atoms with van der Waals surface area (Å²) in [5, 5.41) is 2.92. The lowest BCUT2D eigenvalue weighted by Crippen LogP contribution is -2.26. The van der Waals surface area contributed by atoms with Gasteiger partial charge in [0.2, 0.25) is 0 Å². The summed E-state index contributed by atoms with van der Waals surface area (Å²) < 4.78 is 18.7. The molecule has 1 atom stereocenters.